The minimum atomic E-state index is -1.15. The van der Waals surface area contributed by atoms with Gasteiger partial charge in [0, 0.05) is 41.5 Å². The second kappa shape index (κ2) is 9.76. The van der Waals surface area contributed by atoms with Gasteiger partial charge in [0.05, 0.1) is 10.9 Å². The number of aromatic amines is 1. The Labute approximate surface area is 210 Å². The molecule has 3 heterocycles. The van der Waals surface area contributed by atoms with Crippen LogP contribution in [0.15, 0.2) is 33.9 Å². The molecule has 4 aromatic rings. The van der Waals surface area contributed by atoms with Gasteiger partial charge >= 0.3 is 41.2 Å². The molecular weight excluding hydrogens is 441 g/mol. The van der Waals surface area contributed by atoms with E-state index in [1.54, 1.807) is 0 Å². The van der Waals surface area contributed by atoms with Crippen molar-refractivity contribution in [1.29, 1.82) is 0 Å². The van der Waals surface area contributed by atoms with E-state index in [4.69, 9.17) is 0 Å². The number of H-pyrrole nitrogens is 1. The first-order valence-electron chi connectivity index (χ1n) is 9.75. The zero-order valence-corrected chi connectivity index (χ0v) is 21.5. The van der Waals surface area contributed by atoms with Crippen LogP contribution in [0.4, 0.5) is 0 Å². The first-order chi connectivity index (χ1) is 14.2. The summed E-state index contributed by atoms with van der Waals surface area (Å²) in [6.07, 6.45) is 0.371. The Hall–Kier alpha value is -2.17. The fourth-order valence-corrected chi connectivity index (χ4v) is 5.27. The molecule has 0 saturated carbocycles. The maximum Gasteiger partial charge on any atom is 1.00 e. The summed E-state index contributed by atoms with van der Waals surface area (Å²) in [4.78, 5) is 42.2. The number of aromatic nitrogens is 3. The van der Waals surface area contributed by atoms with Gasteiger partial charge in [0.2, 0.25) is 0 Å². The summed E-state index contributed by atoms with van der Waals surface area (Å²) in [5.74, 6) is -0.987. The zero-order chi connectivity index (χ0) is 21.7. The number of nitrogens with one attached hydrogen (secondary N) is 1. The number of thiophene rings is 1. The van der Waals surface area contributed by atoms with Gasteiger partial charge in [0.1, 0.15) is 4.83 Å². The van der Waals surface area contributed by atoms with Crippen LogP contribution in [0.5, 0.6) is 0 Å². The fraction of sp³-hybridized carbons (Fsp3) is 0.318. The monoisotopic (exact) mass is 465 g/mol. The van der Waals surface area contributed by atoms with Gasteiger partial charge < -0.3 is 15.6 Å². The van der Waals surface area contributed by atoms with Crippen LogP contribution in [-0.2, 0) is 20.0 Å². The minimum Gasteiger partial charge on any atom is -0.870 e. The molecule has 10 heteroatoms. The molecule has 4 rings (SSSR count). The van der Waals surface area contributed by atoms with Gasteiger partial charge in [-0.05, 0) is 24.5 Å². The first-order valence-corrected chi connectivity index (χ1v) is 10.6. The third kappa shape index (κ3) is 4.23. The number of aromatic carboxylic acids is 1. The number of aryl methyl sites for hydroxylation is 1. The summed E-state index contributed by atoms with van der Waals surface area (Å²) in [5.41, 5.74) is 1.94. The van der Waals surface area contributed by atoms with Crippen molar-refractivity contribution in [3.63, 3.8) is 0 Å². The van der Waals surface area contributed by atoms with Crippen molar-refractivity contribution < 1.29 is 44.9 Å². The number of hydrogen-bond donors (Lipinski definition) is 2. The maximum atomic E-state index is 12.9. The predicted molar refractivity (Wildman–Crippen MR) is 121 cm³/mol. The summed E-state index contributed by atoms with van der Waals surface area (Å²) in [6.45, 7) is 6.32. The molecule has 8 nitrogen and oxygen atoms in total. The van der Waals surface area contributed by atoms with E-state index in [2.05, 4.69) is 4.98 Å². The summed E-state index contributed by atoms with van der Waals surface area (Å²) in [7, 11) is 1.40. The molecule has 0 radical (unpaired) electrons. The van der Waals surface area contributed by atoms with Gasteiger partial charge in [-0.3, -0.25) is 13.9 Å². The van der Waals surface area contributed by atoms with Crippen LogP contribution < -0.4 is 40.8 Å². The van der Waals surface area contributed by atoms with Gasteiger partial charge in [-0.1, -0.05) is 32.0 Å². The van der Waals surface area contributed by atoms with E-state index in [0.717, 1.165) is 26.7 Å². The number of rotatable bonds is 5. The number of benzene rings is 1. The summed E-state index contributed by atoms with van der Waals surface area (Å²) in [6, 6.07) is 7.86. The van der Waals surface area contributed by atoms with Crippen molar-refractivity contribution in [3.8, 4) is 0 Å². The molecule has 3 aromatic heterocycles. The Morgan fingerprint density at radius 2 is 1.88 bits per heavy atom. The van der Waals surface area contributed by atoms with Gasteiger partial charge in [0.25, 0.3) is 5.56 Å². The summed E-state index contributed by atoms with van der Waals surface area (Å²) < 4.78 is 2.54. The second-order valence-corrected chi connectivity index (χ2v) is 9.07. The van der Waals surface area contributed by atoms with E-state index in [9.17, 15) is 19.5 Å². The van der Waals surface area contributed by atoms with E-state index in [1.165, 1.54) is 23.0 Å². The topological polar surface area (TPSA) is 127 Å². The molecule has 0 aliphatic heterocycles. The van der Waals surface area contributed by atoms with Gasteiger partial charge in [-0.2, -0.15) is 0 Å². The van der Waals surface area contributed by atoms with Crippen molar-refractivity contribution in [2.45, 2.75) is 33.7 Å². The largest absolute Gasteiger partial charge is 1.00 e. The fourth-order valence-electron chi connectivity index (χ4n) is 3.98. The second-order valence-electron chi connectivity index (χ2n) is 7.99. The Kier molecular flexibility index (Phi) is 7.96. The molecule has 3 N–H and O–H groups in total. The van der Waals surface area contributed by atoms with E-state index in [1.807, 2.05) is 45.0 Å². The van der Waals surface area contributed by atoms with Crippen molar-refractivity contribution in [2.75, 3.05) is 0 Å². The van der Waals surface area contributed by atoms with Gasteiger partial charge in [-0.15, -0.1) is 11.3 Å². The number of carboxylic acids is 1. The molecule has 0 unspecified atom stereocenters. The van der Waals surface area contributed by atoms with E-state index in [-0.39, 0.29) is 51.9 Å². The van der Waals surface area contributed by atoms with Crippen LogP contribution in [0.1, 0.15) is 40.3 Å². The molecule has 164 valence electrons. The molecule has 32 heavy (non-hydrogen) atoms. The molecule has 1 aromatic carbocycles. The maximum absolute atomic E-state index is 12.9. The number of hydrogen-bond acceptors (Lipinski definition) is 5. The van der Waals surface area contributed by atoms with Crippen LogP contribution >= 0.6 is 11.3 Å². The van der Waals surface area contributed by atoms with Gasteiger partial charge in [0.15, 0.2) is 0 Å². The molecule has 0 fully saturated rings. The van der Waals surface area contributed by atoms with Crippen LogP contribution in [0, 0.1) is 12.8 Å². The third-order valence-corrected chi connectivity index (χ3v) is 6.58. The van der Waals surface area contributed by atoms with Crippen molar-refractivity contribution in [1.82, 2.24) is 14.1 Å². The molecule has 0 spiro atoms. The first kappa shape index (κ1) is 26.1. The molecule has 0 aliphatic carbocycles. The zero-order valence-electron chi connectivity index (χ0n) is 18.7. The number of para-hydroxylation sites is 1. The van der Waals surface area contributed by atoms with E-state index < -0.39 is 17.2 Å². The molecule has 0 bridgehead atoms. The van der Waals surface area contributed by atoms with Crippen LogP contribution in [0.2, 0.25) is 0 Å². The van der Waals surface area contributed by atoms with Gasteiger partial charge in [-0.25, -0.2) is 9.59 Å². The minimum absolute atomic E-state index is 0. The standard InChI is InChI=1S/C22H23N3O4S.Na.H2O/c1-11(2)10-25-20-18(19(26)24(4)22(25)29)17(21(27)28)16(30-20)9-14-12(3)23-15-8-6-5-7-13(14)15;;/h5-8,11,23H,9-10H2,1-4H3,(H,27,28);;1H2/q;+1;/p-1. The average molecular weight is 466 g/mol. The summed E-state index contributed by atoms with van der Waals surface area (Å²) in [5, 5.41) is 11.1. The predicted octanol–water partition coefficient (Wildman–Crippen LogP) is 0.324. The number of carboxylic acid groups (broad SMARTS) is 1. The Morgan fingerprint density at radius 1 is 1.22 bits per heavy atom. The van der Waals surface area contributed by atoms with E-state index >= 15 is 0 Å². The quantitative estimate of drug-likeness (QED) is 0.411. The number of fused-ring (bicyclic) bond motifs is 2. The van der Waals surface area contributed by atoms with Crippen molar-refractivity contribution >= 4 is 38.4 Å². The van der Waals surface area contributed by atoms with Crippen molar-refractivity contribution in [2.24, 2.45) is 13.0 Å². The Bertz CT molecular complexity index is 1430. The Balaban J connectivity index is 0.00000181. The van der Waals surface area contributed by atoms with Crippen LogP contribution in [0.25, 0.3) is 21.1 Å². The van der Waals surface area contributed by atoms with E-state index in [0.29, 0.717) is 22.7 Å². The smallest absolute Gasteiger partial charge is 0.870 e. The summed E-state index contributed by atoms with van der Waals surface area (Å²) >= 11 is 1.23. The molecule has 0 atom stereocenters. The molecule has 0 saturated heterocycles. The molecular formula is C22H24N3NaO5S. The SMILES string of the molecule is Cc1[nH]c2ccccc2c1Cc1sc2c(c1C(=O)O)c(=O)n(C)c(=O)n2CC(C)C.[Na+].[OH-]. The normalized spacial score (nSPS) is 11.0. The molecule has 0 amide bonds. The number of nitrogens with zero attached hydrogens (tertiary/aromatic N) is 2. The average Bonchev–Trinajstić information content (AvgIpc) is 3.22. The van der Waals surface area contributed by atoms with Crippen molar-refractivity contribution in [3.05, 3.63) is 66.8 Å². The Morgan fingerprint density at radius 3 is 2.50 bits per heavy atom. The van der Waals surface area contributed by atoms with Crippen LogP contribution in [0.3, 0.4) is 0 Å². The third-order valence-electron chi connectivity index (χ3n) is 5.37. The van der Waals surface area contributed by atoms with Crippen LogP contribution in [-0.4, -0.2) is 30.7 Å². The number of carbonyl (C=O) groups is 1. The molecule has 0 aliphatic rings.